The Bertz CT molecular complexity index is 266. The maximum Gasteiger partial charge on any atom is 0.0452 e. The van der Waals surface area contributed by atoms with Crippen molar-refractivity contribution < 1.29 is 0 Å². The lowest BCUT2D eigenvalue weighted by atomic mass is 10.0. The predicted molar refractivity (Wildman–Crippen MR) is 58.4 cm³/mol. The molecule has 0 aromatic heterocycles. The van der Waals surface area contributed by atoms with Crippen LogP contribution < -0.4 is 5.73 Å². The molecule has 13 heavy (non-hydrogen) atoms. The molecule has 0 aliphatic rings. The molecule has 0 amide bonds. The summed E-state index contributed by atoms with van der Waals surface area (Å²) in [5.74, 6) is 0.414. The average Bonchev–Trinajstić information content (AvgIpc) is 2.11. The van der Waals surface area contributed by atoms with Gasteiger partial charge in [-0.25, -0.2) is 0 Å². The highest BCUT2D eigenvalue weighted by atomic mass is 35.5. The Morgan fingerprint density at radius 3 is 2.31 bits per heavy atom. The first-order valence-electron chi connectivity index (χ1n) is 4.28. The number of benzene rings is 1. The lowest BCUT2D eigenvalue weighted by Gasteiger charge is -2.11. The number of hydrogen-bond donors (Lipinski definition) is 1. The lowest BCUT2D eigenvalue weighted by molar-refractivity contribution is 0.593. The van der Waals surface area contributed by atoms with Crippen molar-refractivity contribution in [2.24, 2.45) is 11.7 Å². The van der Waals surface area contributed by atoms with Crippen LogP contribution in [0.2, 0.25) is 10.0 Å². The molecule has 0 fully saturated rings. The van der Waals surface area contributed by atoms with Crippen LogP contribution in [0, 0.1) is 5.92 Å². The monoisotopic (exact) mass is 217 g/mol. The summed E-state index contributed by atoms with van der Waals surface area (Å²) in [5.41, 5.74) is 6.54. The molecule has 0 radical (unpaired) electrons. The van der Waals surface area contributed by atoms with Crippen molar-refractivity contribution in [3.63, 3.8) is 0 Å². The van der Waals surface area contributed by atoms with Crippen LogP contribution in [-0.2, 0) is 6.42 Å². The summed E-state index contributed by atoms with van der Waals surface area (Å²) < 4.78 is 0. The molecule has 0 saturated carbocycles. The summed E-state index contributed by atoms with van der Waals surface area (Å²) in [5, 5.41) is 1.46. The summed E-state index contributed by atoms with van der Waals surface area (Å²) in [6, 6.07) is 5.55. The van der Waals surface area contributed by atoms with Crippen molar-refractivity contribution in [2.45, 2.75) is 13.3 Å². The molecule has 72 valence electrons. The third-order valence-corrected chi connectivity index (χ3v) is 2.72. The molecule has 3 heteroatoms. The van der Waals surface area contributed by atoms with E-state index in [0.29, 0.717) is 12.5 Å². The van der Waals surface area contributed by atoms with E-state index in [1.165, 1.54) is 0 Å². The Labute approximate surface area is 88.8 Å². The van der Waals surface area contributed by atoms with Crippen LogP contribution in [0.1, 0.15) is 12.5 Å². The topological polar surface area (TPSA) is 26.0 Å². The first kappa shape index (κ1) is 10.8. The Kier molecular flexibility index (Phi) is 4.04. The highest BCUT2D eigenvalue weighted by Gasteiger charge is 2.08. The van der Waals surface area contributed by atoms with Crippen LogP contribution in [0.15, 0.2) is 18.2 Å². The van der Waals surface area contributed by atoms with E-state index in [9.17, 15) is 0 Å². The first-order chi connectivity index (χ1) is 6.15. The van der Waals surface area contributed by atoms with Gasteiger partial charge in [-0.2, -0.15) is 0 Å². The van der Waals surface area contributed by atoms with E-state index in [-0.39, 0.29) is 0 Å². The Morgan fingerprint density at radius 2 is 1.85 bits per heavy atom. The zero-order valence-electron chi connectivity index (χ0n) is 7.56. The summed E-state index contributed by atoms with van der Waals surface area (Å²) in [6.07, 6.45) is 0.842. The molecule has 2 N–H and O–H groups in total. The van der Waals surface area contributed by atoms with Gasteiger partial charge in [0.1, 0.15) is 0 Å². The SMILES string of the molecule is C[C@@H](CN)Cc1c(Cl)cccc1Cl. The van der Waals surface area contributed by atoms with Gasteiger partial charge in [0.05, 0.1) is 0 Å². The molecule has 1 aromatic carbocycles. The highest BCUT2D eigenvalue weighted by Crippen LogP contribution is 2.26. The van der Waals surface area contributed by atoms with Crippen molar-refractivity contribution in [2.75, 3.05) is 6.54 Å². The lowest BCUT2D eigenvalue weighted by Crippen LogP contribution is -2.13. The second kappa shape index (κ2) is 4.85. The molecule has 0 spiro atoms. The van der Waals surface area contributed by atoms with Crippen molar-refractivity contribution in [1.29, 1.82) is 0 Å². The highest BCUT2D eigenvalue weighted by molar-refractivity contribution is 6.35. The number of nitrogens with two attached hydrogens (primary N) is 1. The second-order valence-corrected chi connectivity index (χ2v) is 4.06. The van der Waals surface area contributed by atoms with E-state index >= 15 is 0 Å². The van der Waals surface area contributed by atoms with Gasteiger partial charge < -0.3 is 5.73 Å². The molecule has 0 saturated heterocycles. The van der Waals surface area contributed by atoms with E-state index in [1.807, 2.05) is 18.2 Å². The Hall–Kier alpha value is -0.240. The van der Waals surface area contributed by atoms with E-state index in [4.69, 9.17) is 28.9 Å². The third kappa shape index (κ3) is 2.87. The summed E-state index contributed by atoms with van der Waals surface area (Å²) in [6.45, 7) is 2.74. The molecular weight excluding hydrogens is 205 g/mol. The molecule has 0 bridgehead atoms. The number of rotatable bonds is 3. The van der Waals surface area contributed by atoms with Crippen molar-refractivity contribution in [1.82, 2.24) is 0 Å². The fraction of sp³-hybridized carbons (Fsp3) is 0.400. The van der Waals surface area contributed by atoms with Crippen LogP contribution in [-0.4, -0.2) is 6.54 Å². The van der Waals surface area contributed by atoms with Crippen LogP contribution >= 0.6 is 23.2 Å². The fourth-order valence-corrected chi connectivity index (χ4v) is 1.71. The van der Waals surface area contributed by atoms with Crippen LogP contribution in [0.4, 0.5) is 0 Å². The van der Waals surface area contributed by atoms with Gasteiger partial charge in [-0.3, -0.25) is 0 Å². The van der Waals surface area contributed by atoms with Gasteiger partial charge in [0, 0.05) is 10.0 Å². The van der Waals surface area contributed by atoms with E-state index in [2.05, 4.69) is 6.92 Å². The number of hydrogen-bond acceptors (Lipinski definition) is 1. The molecule has 1 aromatic rings. The quantitative estimate of drug-likeness (QED) is 0.828. The molecule has 0 heterocycles. The number of halogens is 2. The van der Waals surface area contributed by atoms with Crippen molar-refractivity contribution in [3.8, 4) is 0 Å². The normalized spacial score (nSPS) is 12.9. The molecule has 1 atom stereocenters. The largest absolute Gasteiger partial charge is 0.330 e. The van der Waals surface area contributed by atoms with Gasteiger partial charge >= 0.3 is 0 Å². The fourth-order valence-electron chi connectivity index (χ4n) is 1.16. The van der Waals surface area contributed by atoms with E-state index in [1.54, 1.807) is 0 Å². The van der Waals surface area contributed by atoms with Gasteiger partial charge in [-0.1, -0.05) is 36.2 Å². The van der Waals surface area contributed by atoms with E-state index in [0.717, 1.165) is 22.0 Å². The first-order valence-corrected chi connectivity index (χ1v) is 5.03. The smallest absolute Gasteiger partial charge is 0.0452 e. The van der Waals surface area contributed by atoms with Gasteiger partial charge in [0.2, 0.25) is 0 Å². The van der Waals surface area contributed by atoms with E-state index < -0.39 is 0 Å². The van der Waals surface area contributed by atoms with Gasteiger partial charge in [0.15, 0.2) is 0 Å². The standard InChI is InChI=1S/C10H13Cl2N/c1-7(6-13)5-8-9(11)3-2-4-10(8)12/h2-4,7H,5-6,13H2,1H3/t7-/m1/s1. The van der Waals surface area contributed by atoms with Crippen LogP contribution in [0.25, 0.3) is 0 Å². The third-order valence-electron chi connectivity index (χ3n) is 2.02. The van der Waals surface area contributed by atoms with Gasteiger partial charge in [-0.15, -0.1) is 0 Å². The maximum absolute atomic E-state index is 6.01. The van der Waals surface area contributed by atoms with Crippen LogP contribution in [0.5, 0.6) is 0 Å². The van der Waals surface area contributed by atoms with Crippen LogP contribution in [0.3, 0.4) is 0 Å². The molecular formula is C10H13Cl2N. The molecule has 0 aliphatic carbocycles. The molecule has 0 aliphatic heterocycles. The Morgan fingerprint density at radius 1 is 1.31 bits per heavy atom. The second-order valence-electron chi connectivity index (χ2n) is 3.25. The average molecular weight is 218 g/mol. The van der Waals surface area contributed by atoms with Crippen molar-refractivity contribution >= 4 is 23.2 Å². The van der Waals surface area contributed by atoms with Crippen molar-refractivity contribution in [3.05, 3.63) is 33.8 Å². The molecule has 1 rings (SSSR count). The summed E-state index contributed by atoms with van der Waals surface area (Å²) >= 11 is 12.0. The molecule has 1 nitrogen and oxygen atoms in total. The predicted octanol–water partition coefficient (Wildman–Crippen LogP) is 3.13. The zero-order chi connectivity index (χ0) is 9.84. The minimum absolute atomic E-state index is 0.414. The van der Waals surface area contributed by atoms with Gasteiger partial charge in [0.25, 0.3) is 0 Å². The Balaban J connectivity index is 2.87. The molecule has 0 unspecified atom stereocenters. The maximum atomic E-state index is 6.01. The zero-order valence-corrected chi connectivity index (χ0v) is 9.07. The van der Waals surface area contributed by atoms with Gasteiger partial charge in [-0.05, 0) is 36.6 Å². The minimum atomic E-state index is 0.414. The summed E-state index contributed by atoms with van der Waals surface area (Å²) in [7, 11) is 0. The summed E-state index contributed by atoms with van der Waals surface area (Å²) in [4.78, 5) is 0. The minimum Gasteiger partial charge on any atom is -0.330 e.